The van der Waals surface area contributed by atoms with Crippen LogP contribution in [0.15, 0.2) is 78.4 Å². The van der Waals surface area contributed by atoms with Crippen molar-refractivity contribution in [1.82, 2.24) is 0 Å². The molecule has 17 heteroatoms. The largest absolute Gasteiger partial charge is 0.458 e. The third kappa shape index (κ3) is 10.2. The molecule has 414 valence electrons. The number of fused-ring (bicyclic) bond motifs is 5. The third-order valence-electron chi connectivity index (χ3n) is 18.8. The van der Waals surface area contributed by atoms with Crippen LogP contribution in [0.2, 0.25) is 0 Å². The lowest BCUT2D eigenvalue weighted by molar-refractivity contribution is -0.339. The van der Waals surface area contributed by atoms with Crippen molar-refractivity contribution in [3.8, 4) is 0 Å². The number of rotatable bonds is 15. The number of benzene rings is 2. The van der Waals surface area contributed by atoms with Crippen molar-refractivity contribution in [2.45, 2.75) is 215 Å². The molecule has 2 aromatic carbocycles. The van der Waals surface area contributed by atoms with Crippen molar-refractivity contribution in [2.24, 2.45) is 16.7 Å². The van der Waals surface area contributed by atoms with Gasteiger partial charge in [0.2, 0.25) is 0 Å². The molecule has 9 rings (SSSR count). The van der Waals surface area contributed by atoms with Crippen LogP contribution in [0.25, 0.3) is 6.08 Å². The topological polar surface area (TPSA) is 217 Å². The molecule has 3 heterocycles. The number of carbonyl (C=O) groups excluding carboxylic acids is 2. The van der Waals surface area contributed by atoms with Crippen molar-refractivity contribution in [1.29, 1.82) is 0 Å². The molecule has 3 aliphatic heterocycles. The van der Waals surface area contributed by atoms with Crippen LogP contribution < -0.4 is 0 Å². The summed E-state index contributed by atoms with van der Waals surface area (Å²) in [6.07, 6.45) is -0.674. The lowest BCUT2D eigenvalue weighted by Gasteiger charge is -2.67. The Morgan fingerprint density at radius 2 is 1.28 bits per heavy atom. The zero-order valence-corrected chi connectivity index (χ0v) is 44.9. The summed E-state index contributed by atoms with van der Waals surface area (Å²) >= 11 is 0. The Bertz CT molecular complexity index is 2350. The number of methoxy groups -OCH3 is 3. The molecule has 0 aromatic heterocycles. The fraction of sp³-hybridized carbons (Fsp3) is 0.690. The lowest BCUT2D eigenvalue weighted by atomic mass is 9.42. The fourth-order valence-corrected chi connectivity index (χ4v) is 14.3. The second-order valence-corrected chi connectivity index (χ2v) is 22.7. The first-order valence-electron chi connectivity index (χ1n) is 27.0. The highest BCUT2D eigenvalue weighted by molar-refractivity contribution is 5.89. The van der Waals surface area contributed by atoms with E-state index in [9.17, 15) is 30.0 Å². The first-order chi connectivity index (χ1) is 35.7. The molecule has 21 atom stereocenters. The molecule has 0 amide bonds. The summed E-state index contributed by atoms with van der Waals surface area (Å²) in [6, 6.07) is 17.9. The number of hydrogen-bond donors (Lipinski definition) is 4. The van der Waals surface area contributed by atoms with Crippen molar-refractivity contribution in [3.63, 3.8) is 0 Å². The van der Waals surface area contributed by atoms with Gasteiger partial charge in [-0.2, -0.15) is 0 Å². The summed E-state index contributed by atoms with van der Waals surface area (Å²) in [5.74, 6) is -1.91. The molecule has 3 saturated carbocycles. The molecule has 0 spiro atoms. The molecular formula is C58H80O17. The molecule has 75 heavy (non-hydrogen) atoms. The van der Waals surface area contributed by atoms with Crippen molar-refractivity contribution < 1.29 is 82.1 Å². The molecule has 7 aliphatic rings. The molecule has 6 fully saturated rings. The molecule has 4 N–H and O–H groups in total. The summed E-state index contributed by atoms with van der Waals surface area (Å²) in [6.45, 7) is 11.0. The van der Waals surface area contributed by atoms with E-state index in [2.05, 4.69) is 6.92 Å². The van der Waals surface area contributed by atoms with Gasteiger partial charge in [0.25, 0.3) is 0 Å². The maximum atomic E-state index is 14.1. The molecule has 0 radical (unpaired) electrons. The van der Waals surface area contributed by atoms with Crippen molar-refractivity contribution in [3.05, 3.63) is 89.5 Å². The number of carbonyl (C=O) groups is 2. The summed E-state index contributed by atoms with van der Waals surface area (Å²) < 4.78 is 68.6. The molecule has 2 aromatic rings. The van der Waals surface area contributed by atoms with Gasteiger partial charge in [0.05, 0.1) is 53.7 Å². The molecular weight excluding hydrogens is 969 g/mol. The predicted molar refractivity (Wildman–Crippen MR) is 272 cm³/mol. The van der Waals surface area contributed by atoms with Crippen LogP contribution in [0.1, 0.15) is 122 Å². The van der Waals surface area contributed by atoms with Gasteiger partial charge in [-0.25, -0.2) is 9.59 Å². The Morgan fingerprint density at radius 3 is 1.88 bits per heavy atom. The van der Waals surface area contributed by atoms with E-state index in [0.717, 1.165) is 11.1 Å². The van der Waals surface area contributed by atoms with Gasteiger partial charge < -0.3 is 72.5 Å². The van der Waals surface area contributed by atoms with Crippen LogP contribution in [0.4, 0.5) is 0 Å². The molecule has 3 saturated heterocycles. The summed E-state index contributed by atoms with van der Waals surface area (Å²) in [5, 5.41) is 50.1. The van der Waals surface area contributed by atoms with E-state index in [1.54, 1.807) is 78.5 Å². The van der Waals surface area contributed by atoms with Crippen molar-refractivity contribution in [2.75, 3.05) is 21.3 Å². The normalized spacial score (nSPS) is 44.2. The SMILES string of the molecule is CO[C@H]1C[C@H](O[C@H]2CC[C@@]3(C)C(=CC[C@]4(O)[C@@H]3CC(OC(=O)c3ccccc3)[C@@]3(C)[C@]4(O)CC[C@]3(O)C(C)OC(=O)/C=C/c3ccccc3)C2)O[C@H](C)[C@H]1O[C@H]1C[C@H](OC)[C@H](O[C@H]2C[C@@H](OC)[C@H](O)[C@@H](C)O2)[C@@H](C)O1. The standard InChI is InChI=1S/C58H80O17/c1-33-50(60)41(65-7)29-48(68-33)74-52-35(3)70-49(31-43(52)67-9)75-51-34(2)69-47(30-42(51)66-8)72-40-23-24-54(5)39(28-40)22-25-57(63)44(54)32-45(73-53(61)38-18-14-11-15-19-38)55(6)56(62,26-27-58(55,57)64)36(4)71-46(59)21-20-37-16-12-10-13-17-37/h10-22,33-36,40-45,47-52,60,62-64H,23-32H2,1-9H3/b21-20+/t33-,34-,35-,36?,40+,41-,42+,43+,44-,45?,47+,48+,49+,50-,51-,52-,54+,55-,56+,57+,58-/m1/s1. The minimum absolute atomic E-state index is 0.0305. The van der Waals surface area contributed by atoms with E-state index < -0.39 is 125 Å². The second-order valence-electron chi connectivity index (χ2n) is 22.7. The highest BCUT2D eigenvalue weighted by atomic mass is 16.7. The van der Waals surface area contributed by atoms with Crippen LogP contribution >= 0.6 is 0 Å². The van der Waals surface area contributed by atoms with Crippen molar-refractivity contribution >= 4 is 18.0 Å². The maximum Gasteiger partial charge on any atom is 0.338 e. The van der Waals surface area contributed by atoms with E-state index in [0.29, 0.717) is 44.1 Å². The maximum absolute atomic E-state index is 14.1. The van der Waals surface area contributed by atoms with E-state index in [4.69, 9.17) is 52.1 Å². The summed E-state index contributed by atoms with van der Waals surface area (Å²) in [5.41, 5.74) is -5.85. The number of aliphatic hydroxyl groups excluding tert-OH is 1. The van der Waals surface area contributed by atoms with Gasteiger partial charge >= 0.3 is 11.9 Å². The highest BCUT2D eigenvalue weighted by Gasteiger charge is 2.81. The van der Waals surface area contributed by atoms with Gasteiger partial charge in [0.1, 0.15) is 47.3 Å². The fourth-order valence-electron chi connectivity index (χ4n) is 14.3. The van der Waals surface area contributed by atoms with E-state index in [1.807, 2.05) is 50.3 Å². The third-order valence-corrected chi connectivity index (χ3v) is 18.8. The number of esters is 2. The molecule has 17 nitrogen and oxygen atoms in total. The zero-order valence-electron chi connectivity index (χ0n) is 44.9. The predicted octanol–water partition coefficient (Wildman–Crippen LogP) is 6.36. The Kier molecular flexibility index (Phi) is 16.6. The van der Waals surface area contributed by atoms with Crippen LogP contribution in [0.5, 0.6) is 0 Å². The highest BCUT2D eigenvalue weighted by Crippen LogP contribution is 2.71. The Labute approximate surface area is 441 Å². The number of hydrogen-bond acceptors (Lipinski definition) is 17. The Morgan fingerprint density at radius 1 is 0.720 bits per heavy atom. The van der Waals surface area contributed by atoms with Crippen LogP contribution in [0, 0.1) is 16.7 Å². The van der Waals surface area contributed by atoms with Gasteiger partial charge in [-0.15, -0.1) is 0 Å². The van der Waals surface area contributed by atoms with Crippen LogP contribution in [-0.4, -0.2) is 163 Å². The average Bonchev–Trinajstić information content (AvgIpc) is 3.80. The molecule has 4 aliphatic carbocycles. The average molecular weight is 1050 g/mol. The molecule has 0 bridgehead atoms. The Balaban J connectivity index is 0.876. The minimum Gasteiger partial charge on any atom is -0.458 e. The summed E-state index contributed by atoms with van der Waals surface area (Å²) in [7, 11) is 4.84. The molecule has 2 unspecified atom stereocenters. The smallest absolute Gasteiger partial charge is 0.338 e. The number of ether oxygens (including phenoxy) is 11. The monoisotopic (exact) mass is 1050 g/mol. The first kappa shape index (κ1) is 56.1. The number of aliphatic hydroxyl groups is 4. The minimum atomic E-state index is -1.99. The lowest BCUT2D eigenvalue weighted by Crippen LogP contribution is -2.78. The van der Waals surface area contributed by atoms with Gasteiger partial charge in [-0.3, -0.25) is 0 Å². The first-order valence-corrected chi connectivity index (χ1v) is 27.0. The van der Waals surface area contributed by atoms with Gasteiger partial charge in [0.15, 0.2) is 18.9 Å². The van der Waals surface area contributed by atoms with E-state index in [1.165, 1.54) is 6.08 Å². The van der Waals surface area contributed by atoms with Gasteiger partial charge in [-0.05, 0) is 102 Å². The van der Waals surface area contributed by atoms with E-state index in [-0.39, 0.29) is 37.9 Å². The van der Waals surface area contributed by atoms with E-state index >= 15 is 0 Å². The Hall–Kier alpha value is -3.66. The zero-order chi connectivity index (χ0) is 53.7. The van der Waals surface area contributed by atoms with Gasteiger partial charge in [0, 0.05) is 52.6 Å². The second kappa shape index (κ2) is 22.2. The van der Waals surface area contributed by atoms with Crippen LogP contribution in [0.3, 0.4) is 0 Å². The quantitative estimate of drug-likeness (QED) is 0.0868. The van der Waals surface area contributed by atoms with Crippen LogP contribution in [-0.2, 0) is 56.9 Å². The van der Waals surface area contributed by atoms with Gasteiger partial charge in [-0.1, -0.05) is 74.0 Å². The summed E-state index contributed by atoms with van der Waals surface area (Å²) in [4.78, 5) is 27.4.